The highest BCUT2D eigenvalue weighted by Crippen LogP contribution is 2.08. The van der Waals surface area contributed by atoms with Gasteiger partial charge in [0.15, 0.2) is 0 Å². The van der Waals surface area contributed by atoms with Crippen LogP contribution in [0.5, 0.6) is 0 Å². The summed E-state index contributed by atoms with van der Waals surface area (Å²) in [7, 11) is 0. The maximum absolute atomic E-state index is 11.6. The minimum atomic E-state index is -0.280. The number of carbonyl (C=O) groups excluding carboxylic acids is 1. The third-order valence-electron chi connectivity index (χ3n) is 2.63. The highest BCUT2D eigenvalue weighted by atomic mass is 16.3. The second-order valence-corrected chi connectivity index (χ2v) is 4.08. The maximum Gasteiger partial charge on any atom is 0.246 e. The van der Waals surface area contributed by atoms with Crippen LogP contribution in [0.1, 0.15) is 26.7 Å². The molecule has 1 atom stereocenters. The van der Waals surface area contributed by atoms with E-state index in [0.717, 1.165) is 31.5 Å². The van der Waals surface area contributed by atoms with E-state index in [-0.39, 0.29) is 12.0 Å². The lowest BCUT2D eigenvalue weighted by molar-refractivity contribution is -0.117. The molecule has 1 aliphatic heterocycles. The molecule has 0 aromatic heterocycles. The molecule has 0 spiro atoms. The number of rotatable bonds is 5. The van der Waals surface area contributed by atoms with Gasteiger partial charge in [0.25, 0.3) is 0 Å². The van der Waals surface area contributed by atoms with E-state index in [4.69, 9.17) is 5.11 Å². The minimum Gasteiger partial charge on any atom is -0.393 e. The zero-order valence-corrected chi connectivity index (χ0v) is 9.47. The first-order valence-electron chi connectivity index (χ1n) is 5.47. The Bertz CT molecular complexity index is 253. The van der Waals surface area contributed by atoms with Gasteiger partial charge >= 0.3 is 0 Å². The largest absolute Gasteiger partial charge is 0.393 e. The number of aliphatic hydroxyl groups excluding tert-OH is 1. The van der Waals surface area contributed by atoms with E-state index in [1.165, 1.54) is 5.57 Å². The van der Waals surface area contributed by atoms with Crippen molar-refractivity contribution in [1.82, 2.24) is 10.6 Å². The Morgan fingerprint density at radius 1 is 1.60 bits per heavy atom. The van der Waals surface area contributed by atoms with Gasteiger partial charge in [-0.2, -0.15) is 0 Å². The van der Waals surface area contributed by atoms with Crippen molar-refractivity contribution in [1.29, 1.82) is 0 Å². The molecular formula is C11H20N2O2. The highest BCUT2D eigenvalue weighted by molar-refractivity contribution is 5.93. The van der Waals surface area contributed by atoms with Crippen LogP contribution in [0.25, 0.3) is 0 Å². The lowest BCUT2D eigenvalue weighted by Crippen LogP contribution is -2.37. The lowest BCUT2D eigenvalue weighted by atomic mass is 10.0. The van der Waals surface area contributed by atoms with Gasteiger partial charge in [-0.25, -0.2) is 0 Å². The molecule has 0 aliphatic carbocycles. The summed E-state index contributed by atoms with van der Waals surface area (Å²) < 4.78 is 0. The average Bonchev–Trinajstić information content (AvgIpc) is 2.08. The molecule has 1 aliphatic rings. The van der Waals surface area contributed by atoms with Gasteiger partial charge in [-0.3, -0.25) is 4.79 Å². The van der Waals surface area contributed by atoms with Crippen molar-refractivity contribution in [3.63, 3.8) is 0 Å². The highest BCUT2D eigenvalue weighted by Gasteiger charge is 2.15. The van der Waals surface area contributed by atoms with Crippen molar-refractivity contribution in [2.24, 2.45) is 0 Å². The van der Waals surface area contributed by atoms with E-state index >= 15 is 0 Å². The number of aliphatic hydroxyl groups is 1. The maximum atomic E-state index is 11.6. The first kappa shape index (κ1) is 12.2. The second kappa shape index (κ2) is 5.88. The van der Waals surface area contributed by atoms with Crippen LogP contribution in [0.4, 0.5) is 0 Å². The van der Waals surface area contributed by atoms with Crippen LogP contribution in [0.15, 0.2) is 11.1 Å². The van der Waals surface area contributed by atoms with Crippen LogP contribution in [-0.4, -0.2) is 36.8 Å². The summed E-state index contributed by atoms with van der Waals surface area (Å²) in [6, 6.07) is 0. The van der Waals surface area contributed by atoms with Crippen LogP contribution in [-0.2, 0) is 4.79 Å². The van der Waals surface area contributed by atoms with Crippen LogP contribution in [0, 0.1) is 0 Å². The number of nitrogens with one attached hydrogen (secondary N) is 2. The number of hydrogen-bond donors (Lipinski definition) is 3. The molecule has 1 heterocycles. The van der Waals surface area contributed by atoms with Gasteiger partial charge in [0, 0.05) is 25.2 Å². The average molecular weight is 212 g/mol. The lowest BCUT2D eigenvalue weighted by Gasteiger charge is -2.21. The van der Waals surface area contributed by atoms with Gasteiger partial charge in [-0.1, -0.05) is 0 Å². The summed E-state index contributed by atoms with van der Waals surface area (Å²) in [6.45, 7) is 5.94. The van der Waals surface area contributed by atoms with Crippen molar-refractivity contribution in [3.8, 4) is 0 Å². The summed E-state index contributed by atoms with van der Waals surface area (Å²) in [6.07, 6.45) is 1.28. The zero-order chi connectivity index (χ0) is 11.3. The first-order chi connectivity index (χ1) is 7.11. The molecule has 4 nitrogen and oxygen atoms in total. The van der Waals surface area contributed by atoms with Crippen LogP contribution < -0.4 is 10.6 Å². The third kappa shape index (κ3) is 4.01. The monoisotopic (exact) mass is 212 g/mol. The van der Waals surface area contributed by atoms with Crippen LogP contribution in [0.2, 0.25) is 0 Å². The normalized spacial score (nSPS) is 16.9. The van der Waals surface area contributed by atoms with Crippen molar-refractivity contribution in [3.05, 3.63) is 11.1 Å². The molecule has 0 bridgehead atoms. The fourth-order valence-corrected chi connectivity index (χ4v) is 1.41. The summed E-state index contributed by atoms with van der Waals surface area (Å²) in [5.41, 5.74) is 2.04. The molecule has 0 aromatic carbocycles. The molecule has 1 unspecified atom stereocenters. The van der Waals surface area contributed by atoms with Gasteiger partial charge in [-0.15, -0.1) is 0 Å². The Morgan fingerprint density at radius 3 is 2.73 bits per heavy atom. The molecular weight excluding hydrogens is 192 g/mol. The molecule has 0 aromatic rings. The van der Waals surface area contributed by atoms with E-state index in [2.05, 4.69) is 10.6 Å². The summed E-state index contributed by atoms with van der Waals surface area (Å²) >= 11 is 0. The van der Waals surface area contributed by atoms with Gasteiger partial charge < -0.3 is 15.7 Å². The molecule has 15 heavy (non-hydrogen) atoms. The van der Waals surface area contributed by atoms with Gasteiger partial charge in [-0.05, 0) is 32.3 Å². The van der Waals surface area contributed by atoms with Crippen LogP contribution in [0.3, 0.4) is 0 Å². The smallest absolute Gasteiger partial charge is 0.246 e. The summed E-state index contributed by atoms with van der Waals surface area (Å²) in [5, 5.41) is 15.0. The van der Waals surface area contributed by atoms with Gasteiger partial charge in [0.05, 0.1) is 6.10 Å². The predicted molar refractivity (Wildman–Crippen MR) is 59.5 cm³/mol. The topological polar surface area (TPSA) is 61.4 Å². The first-order valence-corrected chi connectivity index (χ1v) is 5.47. The number of amides is 1. The molecule has 0 radical (unpaired) electrons. The molecule has 1 fully saturated rings. The summed E-state index contributed by atoms with van der Waals surface area (Å²) in [5.74, 6) is 0.0251. The van der Waals surface area contributed by atoms with E-state index in [1.54, 1.807) is 6.92 Å². The third-order valence-corrected chi connectivity index (χ3v) is 2.63. The fourth-order valence-electron chi connectivity index (χ4n) is 1.41. The quantitative estimate of drug-likeness (QED) is 0.450. The SMILES string of the molecule is CC(C(=O)NCCCC(C)O)=C1CNC1. The van der Waals surface area contributed by atoms with Crippen molar-refractivity contribution >= 4 is 5.91 Å². The molecule has 4 heteroatoms. The molecule has 1 rings (SSSR count). The standard InChI is InChI=1S/C11H20N2O2/c1-8(14)4-3-5-13-11(15)9(2)10-6-12-7-10/h8,12,14H,3-7H2,1-2H3,(H,13,15). The molecule has 1 amide bonds. The zero-order valence-electron chi connectivity index (χ0n) is 9.47. The Kier molecular flexibility index (Phi) is 4.78. The molecule has 1 saturated heterocycles. The van der Waals surface area contributed by atoms with Gasteiger partial charge in [0.2, 0.25) is 5.91 Å². The molecule has 3 N–H and O–H groups in total. The fraction of sp³-hybridized carbons (Fsp3) is 0.727. The van der Waals surface area contributed by atoms with E-state index in [0.29, 0.717) is 6.54 Å². The Labute approximate surface area is 90.7 Å². The Hall–Kier alpha value is -0.870. The Balaban J connectivity index is 2.18. The summed E-state index contributed by atoms with van der Waals surface area (Å²) in [4.78, 5) is 11.6. The minimum absolute atomic E-state index is 0.0251. The predicted octanol–water partition coefficient (Wildman–Crippen LogP) is 0.183. The van der Waals surface area contributed by atoms with Crippen molar-refractivity contribution in [2.75, 3.05) is 19.6 Å². The van der Waals surface area contributed by atoms with Gasteiger partial charge in [0.1, 0.15) is 0 Å². The Morgan fingerprint density at radius 2 is 2.27 bits per heavy atom. The van der Waals surface area contributed by atoms with Crippen molar-refractivity contribution < 1.29 is 9.90 Å². The second-order valence-electron chi connectivity index (χ2n) is 4.08. The molecule has 86 valence electrons. The van der Waals surface area contributed by atoms with Crippen molar-refractivity contribution in [2.45, 2.75) is 32.8 Å². The van der Waals surface area contributed by atoms with E-state index in [1.807, 2.05) is 6.92 Å². The number of carbonyl (C=O) groups is 1. The molecule has 0 saturated carbocycles. The van der Waals surface area contributed by atoms with E-state index in [9.17, 15) is 4.79 Å². The van der Waals surface area contributed by atoms with Crippen LogP contribution >= 0.6 is 0 Å². The van der Waals surface area contributed by atoms with E-state index < -0.39 is 0 Å². The number of hydrogen-bond acceptors (Lipinski definition) is 3.